The van der Waals surface area contributed by atoms with Gasteiger partial charge in [-0.3, -0.25) is 4.79 Å². The van der Waals surface area contributed by atoms with Crippen LogP contribution in [0.1, 0.15) is 41.4 Å². The van der Waals surface area contributed by atoms with Gasteiger partial charge in [0.1, 0.15) is 12.0 Å². The fourth-order valence-corrected chi connectivity index (χ4v) is 2.66. The third kappa shape index (κ3) is 3.60. The van der Waals surface area contributed by atoms with Gasteiger partial charge in [0, 0.05) is 21.8 Å². The predicted molar refractivity (Wildman–Crippen MR) is 91.2 cm³/mol. The number of benzene rings is 2. The molecular weight excluding hydrogens is 298 g/mol. The van der Waals surface area contributed by atoms with Gasteiger partial charge in [0.25, 0.3) is 0 Å². The molecular formula is C18H20ClNO2. The topological polar surface area (TPSA) is 38.3 Å². The van der Waals surface area contributed by atoms with Crippen LogP contribution in [-0.4, -0.2) is 13.4 Å². The maximum absolute atomic E-state index is 10.9. The Balaban J connectivity index is 2.31. The molecule has 2 rings (SSSR count). The molecule has 0 radical (unpaired) electrons. The van der Waals surface area contributed by atoms with E-state index < -0.39 is 0 Å². The first-order valence-electron chi connectivity index (χ1n) is 7.27. The second-order valence-electron chi connectivity index (χ2n) is 5.14. The summed E-state index contributed by atoms with van der Waals surface area (Å²) in [6.07, 6.45) is 1.72. The standard InChI is InChI=1S/C18H20ClNO2/c1-4-14-9-13(11-21)5-7-17(14)20-12(2)16-10-15(19)6-8-18(16)22-3/h5-12,20H,4H2,1-3H3. The number of halogens is 1. The van der Waals surface area contributed by atoms with E-state index in [1.54, 1.807) is 7.11 Å². The summed E-state index contributed by atoms with van der Waals surface area (Å²) in [6, 6.07) is 11.3. The largest absolute Gasteiger partial charge is 0.496 e. The van der Waals surface area contributed by atoms with Crippen LogP contribution in [-0.2, 0) is 6.42 Å². The summed E-state index contributed by atoms with van der Waals surface area (Å²) in [7, 11) is 1.65. The highest BCUT2D eigenvalue weighted by molar-refractivity contribution is 6.30. The summed E-state index contributed by atoms with van der Waals surface area (Å²) in [5.41, 5.74) is 3.81. The van der Waals surface area contributed by atoms with Crippen molar-refractivity contribution in [1.82, 2.24) is 0 Å². The summed E-state index contributed by atoms with van der Waals surface area (Å²) in [6.45, 7) is 4.13. The van der Waals surface area contributed by atoms with E-state index in [1.165, 1.54) is 0 Å². The lowest BCUT2D eigenvalue weighted by Gasteiger charge is -2.20. The van der Waals surface area contributed by atoms with Crippen LogP contribution < -0.4 is 10.1 Å². The van der Waals surface area contributed by atoms with Crippen LogP contribution in [0.2, 0.25) is 5.02 Å². The molecule has 22 heavy (non-hydrogen) atoms. The van der Waals surface area contributed by atoms with Crippen LogP contribution in [0.5, 0.6) is 5.75 Å². The summed E-state index contributed by atoms with van der Waals surface area (Å²) >= 11 is 6.10. The van der Waals surface area contributed by atoms with Gasteiger partial charge in [-0.15, -0.1) is 0 Å². The maximum Gasteiger partial charge on any atom is 0.150 e. The molecule has 0 aromatic heterocycles. The molecule has 3 nitrogen and oxygen atoms in total. The summed E-state index contributed by atoms with van der Waals surface area (Å²) in [4.78, 5) is 10.9. The Morgan fingerprint density at radius 2 is 2.05 bits per heavy atom. The van der Waals surface area contributed by atoms with E-state index in [2.05, 4.69) is 19.2 Å². The lowest BCUT2D eigenvalue weighted by Crippen LogP contribution is -2.10. The number of carbonyl (C=O) groups is 1. The number of carbonyl (C=O) groups excluding carboxylic acids is 1. The molecule has 1 unspecified atom stereocenters. The minimum Gasteiger partial charge on any atom is -0.496 e. The number of nitrogens with one attached hydrogen (secondary N) is 1. The highest BCUT2D eigenvalue weighted by atomic mass is 35.5. The van der Waals surface area contributed by atoms with Crippen molar-refractivity contribution < 1.29 is 9.53 Å². The Bertz CT molecular complexity index is 670. The SMILES string of the molecule is CCc1cc(C=O)ccc1NC(C)c1cc(Cl)ccc1OC. The molecule has 2 aromatic rings. The average Bonchev–Trinajstić information content (AvgIpc) is 2.55. The van der Waals surface area contributed by atoms with Crippen LogP contribution in [0.3, 0.4) is 0 Å². The molecule has 0 aliphatic heterocycles. The molecule has 1 atom stereocenters. The van der Waals surface area contributed by atoms with Crippen molar-refractivity contribution in [3.63, 3.8) is 0 Å². The zero-order valence-corrected chi connectivity index (χ0v) is 13.8. The molecule has 0 saturated carbocycles. The third-order valence-electron chi connectivity index (χ3n) is 3.68. The van der Waals surface area contributed by atoms with Crippen molar-refractivity contribution in [1.29, 1.82) is 0 Å². The fourth-order valence-electron chi connectivity index (χ4n) is 2.47. The number of hydrogen-bond acceptors (Lipinski definition) is 3. The predicted octanol–water partition coefficient (Wildman–Crippen LogP) is 4.90. The normalized spacial score (nSPS) is 11.8. The van der Waals surface area contributed by atoms with Crippen molar-refractivity contribution >= 4 is 23.6 Å². The van der Waals surface area contributed by atoms with Crippen molar-refractivity contribution in [3.8, 4) is 5.75 Å². The van der Waals surface area contributed by atoms with Gasteiger partial charge in [0.2, 0.25) is 0 Å². The van der Waals surface area contributed by atoms with Gasteiger partial charge in [-0.05, 0) is 55.3 Å². The molecule has 0 aliphatic rings. The van der Waals surface area contributed by atoms with Gasteiger partial charge in [-0.2, -0.15) is 0 Å². The molecule has 0 heterocycles. The minimum atomic E-state index is 0.0287. The zero-order chi connectivity index (χ0) is 16.1. The Labute approximate surface area is 136 Å². The Hall–Kier alpha value is -2.00. The highest BCUT2D eigenvalue weighted by Crippen LogP contribution is 2.31. The van der Waals surface area contributed by atoms with Gasteiger partial charge < -0.3 is 10.1 Å². The van der Waals surface area contributed by atoms with E-state index in [-0.39, 0.29) is 6.04 Å². The number of hydrogen-bond donors (Lipinski definition) is 1. The van der Waals surface area contributed by atoms with E-state index in [4.69, 9.17) is 16.3 Å². The first-order valence-corrected chi connectivity index (χ1v) is 7.65. The van der Waals surface area contributed by atoms with Crippen LogP contribution in [0.4, 0.5) is 5.69 Å². The zero-order valence-electron chi connectivity index (χ0n) is 13.0. The van der Waals surface area contributed by atoms with Crippen LogP contribution in [0.25, 0.3) is 0 Å². The van der Waals surface area contributed by atoms with Gasteiger partial charge >= 0.3 is 0 Å². The lowest BCUT2D eigenvalue weighted by molar-refractivity contribution is 0.112. The van der Waals surface area contributed by atoms with E-state index >= 15 is 0 Å². The molecule has 0 amide bonds. The first kappa shape index (κ1) is 16.4. The summed E-state index contributed by atoms with van der Waals surface area (Å²) in [5, 5.41) is 4.15. The molecule has 4 heteroatoms. The number of methoxy groups -OCH3 is 1. The Morgan fingerprint density at radius 1 is 1.27 bits per heavy atom. The van der Waals surface area contributed by atoms with Gasteiger partial charge in [-0.1, -0.05) is 18.5 Å². The Morgan fingerprint density at radius 3 is 2.68 bits per heavy atom. The summed E-state index contributed by atoms with van der Waals surface area (Å²) in [5.74, 6) is 0.798. The van der Waals surface area contributed by atoms with Gasteiger partial charge in [-0.25, -0.2) is 0 Å². The van der Waals surface area contributed by atoms with Crippen molar-refractivity contribution in [2.75, 3.05) is 12.4 Å². The molecule has 0 spiro atoms. The minimum absolute atomic E-state index is 0.0287. The Kier molecular flexibility index (Phi) is 5.45. The van der Waals surface area contributed by atoms with Crippen LogP contribution in [0.15, 0.2) is 36.4 Å². The third-order valence-corrected chi connectivity index (χ3v) is 3.91. The van der Waals surface area contributed by atoms with Crippen LogP contribution >= 0.6 is 11.6 Å². The van der Waals surface area contributed by atoms with Crippen LogP contribution in [0, 0.1) is 0 Å². The number of aldehydes is 1. The molecule has 0 bridgehead atoms. The van der Waals surface area contributed by atoms with E-state index in [1.807, 2.05) is 36.4 Å². The van der Waals surface area contributed by atoms with Gasteiger partial charge in [0.05, 0.1) is 13.2 Å². The molecule has 1 N–H and O–H groups in total. The quantitative estimate of drug-likeness (QED) is 0.770. The smallest absolute Gasteiger partial charge is 0.150 e. The molecule has 0 aliphatic carbocycles. The first-order chi connectivity index (χ1) is 10.6. The number of rotatable bonds is 6. The van der Waals surface area contributed by atoms with E-state index in [0.717, 1.165) is 35.3 Å². The molecule has 0 fully saturated rings. The van der Waals surface area contributed by atoms with Crippen molar-refractivity contribution in [3.05, 3.63) is 58.1 Å². The molecule has 116 valence electrons. The number of anilines is 1. The highest BCUT2D eigenvalue weighted by Gasteiger charge is 2.13. The fraction of sp³-hybridized carbons (Fsp3) is 0.278. The second-order valence-corrected chi connectivity index (χ2v) is 5.58. The second kappa shape index (κ2) is 7.32. The lowest BCUT2D eigenvalue weighted by atomic mass is 10.0. The van der Waals surface area contributed by atoms with Crippen molar-refractivity contribution in [2.24, 2.45) is 0 Å². The van der Waals surface area contributed by atoms with Gasteiger partial charge in [0.15, 0.2) is 0 Å². The van der Waals surface area contributed by atoms with E-state index in [9.17, 15) is 4.79 Å². The van der Waals surface area contributed by atoms with E-state index in [0.29, 0.717) is 10.6 Å². The maximum atomic E-state index is 10.9. The molecule has 0 saturated heterocycles. The number of aryl methyl sites for hydroxylation is 1. The average molecular weight is 318 g/mol. The summed E-state index contributed by atoms with van der Waals surface area (Å²) < 4.78 is 5.41. The number of ether oxygens (including phenoxy) is 1. The molecule has 2 aromatic carbocycles. The monoisotopic (exact) mass is 317 g/mol. The van der Waals surface area contributed by atoms with Crippen molar-refractivity contribution in [2.45, 2.75) is 26.3 Å².